The van der Waals surface area contributed by atoms with Crippen LogP contribution in [0.3, 0.4) is 0 Å². The Morgan fingerprint density at radius 2 is 1.95 bits per heavy atom. The molecule has 1 fully saturated rings. The molecule has 0 radical (unpaired) electrons. The smallest absolute Gasteiger partial charge is 0.150 e. The van der Waals surface area contributed by atoms with Crippen LogP contribution in [-0.2, 0) is 0 Å². The fourth-order valence-electron chi connectivity index (χ4n) is 2.54. The summed E-state index contributed by atoms with van der Waals surface area (Å²) < 4.78 is 0. The number of benzene rings is 2. The maximum absolute atomic E-state index is 10.7. The van der Waals surface area contributed by atoms with E-state index in [9.17, 15) is 4.79 Å². The molecule has 1 nitrogen and oxygen atoms in total. The molecule has 0 heterocycles. The zero-order valence-electron chi connectivity index (χ0n) is 10.6. The predicted octanol–water partition coefficient (Wildman–Crippen LogP) is 5.09. The van der Waals surface area contributed by atoms with Crippen LogP contribution in [0.2, 0.25) is 5.02 Å². The third-order valence-corrected chi connectivity index (χ3v) is 4.22. The minimum absolute atomic E-state index is 0.615. The fourth-order valence-corrected chi connectivity index (χ4v) is 2.84. The molecule has 0 aromatic heterocycles. The van der Waals surface area contributed by atoms with Crippen molar-refractivity contribution in [3.05, 3.63) is 58.6 Å². The average molecular weight is 271 g/mol. The first-order chi connectivity index (χ1) is 9.28. The highest BCUT2D eigenvalue weighted by molar-refractivity contribution is 6.33. The van der Waals surface area contributed by atoms with Gasteiger partial charge in [-0.25, -0.2) is 0 Å². The van der Waals surface area contributed by atoms with Crippen LogP contribution in [0.15, 0.2) is 42.5 Å². The van der Waals surface area contributed by atoms with E-state index in [2.05, 4.69) is 24.3 Å². The third-order valence-electron chi connectivity index (χ3n) is 3.90. The standard InChI is InChI=1S/C17H15ClO/c18-17-9-12(11-19)7-8-16(17)15-6-2-5-14(10-15)13-3-1-4-13/h2,5-11,13H,1,3-4H2. The third kappa shape index (κ3) is 2.43. The van der Waals surface area contributed by atoms with E-state index in [1.807, 2.05) is 12.1 Å². The van der Waals surface area contributed by atoms with Crippen molar-refractivity contribution in [2.45, 2.75) is 25.2 Å². The largest absolute Gasteiger partial charge is 0.298 e. The van der Waals surface area contributed by atoms with Crippen molar-refractivity contribution in [2.24, 2.45) is 0 Å². The zero-order valence-corrected chi connectivity index (χ0v) is 11.4. The van der Waals surface area contributed by atoms with Gasteiger partial charge in [-0.1, -0.05) is 54.4 Å². The Morgan fingerprint density at radius 1 is 1.11 bits per heavy atom. The molecule has 0 aliphatic heterocycles. The predicted molar refractivity (Wildman–Crippen MR) is 78.9 cm³/mol. The molecule has 2 aromatic carbocycles. The lowest BCUT2D eigenvalue weighted by Crippen LogP contribution is -2.08. The highest BCUT2D eigenvalue weighted by Crippen LogP contribution is 2.38. The van der Waals surface area contributed by atoms with Crippen molar-refractivity contribution in [1.29, 1.82) is 0 Å². The summed E-state index contributed by atoms with van der Waals surface area (Å²) >= 11 is 6.26. The van der Waals surface area contributed by atoms with Gasteiger partial charge in [0.15, 0.2) is 0 Å². The number of carbonyl (C=O) groups is 1. The highest BCUT2D eigenvalue weighted by Gasteiger charge is 2.19. The van der Waals surface area contributed by atoms with Crippen LogP contribution < -0.4 is 0 Å². The number of carbonyl (C=O) groups excluding carboxylic acids is 1. The van der Waals surface area contributed by atoms with Crippen molar-refractivity contribution in [1.82, 2.24) is 0 Å². The fraction of sp³-hybridized carbons (Fsp3) is 0.235. The van der Waals surface area contributed by atoms with Crippen LogP contribution >= 0.6 is 11.6 Å². The van der Waals surface area contributed by atoms with Gasteiger partial charge in [0.25, 0.3) is 0 Å². The average Bonchev–Trinajstić information content (AvgIpc) is 2.37. The molecule has 19 heavy (non-hydrogen) atoms. The molecule has 0 unspecified atom stereocenters. The summed E-state index contributed by atoms with van der Waals surface area (Å²) in [4.78, 5) is 10.7. The van der Waals surface area contributed by atoms with E-state index in [0.29, 0.717) is 16.5 Å². The van der Waals surface area contributed by atoms with Gasteiger partial charge in [0.2, 0.25) is 0 Å². The normalized spacial score (nSPS) is 15.0. The van der Waals surface area contributed by atoms with Crippen molar-refractivity contribution >= 4 is 17.9 Å². The molecule has 0 atom stereocenters. The molecule has 0 amide bonds. The molecule has 0 bridgehead atoms. The van der Waals surface area contributed by atoms with Crippen LogP contribution in [0.4, 0.5) is 0 Å². The molecule has 96 valence electrons. The number of rotatable bonds is 3. The molecule has 1 saturated carbocycles. The van der Waals surface area contributed by atoms with Crippen LogP contribution in [0, 0.1) is 0 Å². The topological polar surface area (TPSA) is 17.1 Å². The van der Waals surface area contributed by atoms with Gasteiger partial charge in [0.1, 0.15) is 6.29 Å². The SMILES string of the molecule is O=Cc1ccc(-c2cccc(C3CCC3)c2)c(Cl)c1. The van der Waals surface area contributed by atoms with E-state index in [1.54, 1.807) is 6.07 Å². The molecule has 2 aromatic rings. The summed E-state index contributed by atoms with van der Waals surface area (Å²) in [5.74, 6) is 0.716. The second-order valence-electron chi connectivity index (χ2n) is 5.11. The number of hydrogen-bond acceptors (Lipinski definition) is 1. The molecular weight excluding hydrogens is 256 g/mol. The molecular formula is C17H15ClO. The highest BCUT2D eigenvalue weighted by atomic mass is 35.5. The van der Waals surface area contributed by atoms with Crippen LogP contribution in [0.1, 0.15) is 41.1 Å². The molecule has 3 rings (SSSR count). The van der Waals surface area contributed by atoms with Gasteiger partial charge < -0.3 is 0 Å². The van der Waals surface area contributed by atoms with Gasteiger partial charge in [-0.05, 0) is 36.0 Å². The van der Waals surface area contributed by atoms with Gasteiger partial charge in [-0.3, -0.25) is 4.79 Å². The summed E-state index contributed by atoms with van der Waals surface area (Å²) in [7, 11) is 0. The van der Waals surface area contributed by atoms with Crippen molar-refractivity contribution in [2.75, 3.05) is 0 Å². The van der Waals surface area contributed by atoms with Gasteiger partial charge in [-0.2, -0.15) is 0 Å². The van der Waals surface area contributed by atoms with Crippen molar-refractivity contribution in [3.63, 3.8) is 0 Å². The van der Waals surface area contributed by atoms with E-state index >= 15 is 0 Å². The first-order valence-corrected chi connectivity index (χ1v) is 7.01. The molecule has 0 N–H and O–H groups in total. The van der Waals surface area contributed by atoms with Crippen molar-refractivity contribution in [3.8, 4) is 11.1 Å². The number of aldehydes is 1. The molecule has 1 aliphatic rings. The molecule has 2 heteroatoms. The Hall–Kier alpha value is -1.60. The number of halogens is 1. The van der Waals surface area contributed by atoms with E-state index in [0.717, 1.165) is 17.4 Å². The van der Waals surface area contributed by atoms with E-state index in [1.165, 1.54) is 24.8 Å². The van der Waals surface area contributed by atoms with Crippen LogP contribution in [0.25, 0.3) is 11.1 Å². The van der Waals surface area contributed by atoms with Gasteiger partial charge in [0, 0.05) is 16.1 Å². The molecule has 1 aliphatic carbocycles. The maximum Gasteiger partial charge on any atom is 0.150 e. The Kier molecular flexibility index (Phi) is 3.39. The minimum Gasteiger partial charge on any atom is -0.298 e. The van der Waals surface area contributed by atoms with Crippen molar-refractivity contribution < 1.29 is 4.79 Å². The summed E-state index contributed by atoms with van der Waals surface area (Å²) in [6.07, 6.45) is 4.74. The second-order valence-corrected chi connectivity index (χ2v) is 5.52. The lowest BCUT2D eigenvalue weighted by molar-refractivity contribution is 0.112. The quantitative estimate of drug-likeness (QED) is 0.710. The first-order valence-electron chi connectivity index (χ1n) is 6.63. The van der Waals surface area contributed by atoms with Gasteiger partial charge in [-0.15, -0.1) is 0 Å². The lowest BCUT2D eigenvalue weighted by Gasteiger charge is -2.26. The van der Waals surface area contributed by atoms with E-state index in [-0.39, 0.29) is 0 Å². The summed E-state index contributed by atoms with van der Waals surface area (Å²) in [6, 6.07) is 14.0. The lowest BCUT2D eigenvalue weighted by atomic mass is 9.79. The Bertz CT molecular complexity index is 614. The Balaban J connectivity index is 1.99. The molecule has 0 saturated heterocycles. The summed E-state index contributed by atoms with van der Waals surface area (Å²) in [6.45, 7) is 0. The Morgan fingerprint density at radius 3 is 2.58 bits per heavy atom. The van der Waals surface area contributed by atoms with Crippen LogP contribution in [-0.4, -0.2) is 6.29 Å². The monoisotopic (exact) mass is 270 g/mol. The second kappa shape index (κ2) is 5.18. The van der Waals surface area contributed by atoms with Crippen LogP contribution in [0.5, 0.6) is 0 Å². The maximum atomic E-state index is 10.7. The zero-order chi connectivity index (χ0) is 13.2. The van der Waals surface area contributed by atoms with Gasteiger partial charge >= 0.3 is 0 Å². The van der Waals surface area contributed by atoms with E-state index in [4.69, 9.17) is 11.6 Å². The number of hydrogen-bond donors (Lipinski definition) is 0. The van der Waals surface area contributed by atoms with E-state index < -0.39 is 0 Å². The minimum atomic E-state index is 0.615. The Labute approximate surface area is 118 Å². The van der Waals surface area contributed by atoms with Gasteiger partial charge in [0.05, 0.1) is 0 Å². The molecule has 0 spiro atoms. The first kappa shape index (κ1) is 12.4. The summed E-state index contributed by atoms with van der Waals surface area (Å²) in [5.41, 5.74) is 4.14. The summed E-state index contributed by atoms with van der Waals surface area (Å²) in [5, 5.41) is 0.635.